The summed E-state index contributed by atoms with van der Waals surface area (Å²) in [6.45, 7) is 3.22. The summed E-state index contributed by atoms with van der Waals surface area (Å²) < 4.78 is 21.5. The van der Waals surface area contributed by atoms with Crippen LogP contribution < -0.4 is 24.3 Å². The minimum Gasteiger partial charge on any atom is -0.496 e. The summed E-state index contributed by atoms with van der Waals surface area (Å²) in [5, 5.41) is 2.85. The molecule has 1 heterocycles. The van der Waals surface area contributed by atoms with Crippen molar-refractivity contribution in [1.82, 2.24) is 4.90 Å². The molecule has 31 heavy (non-hydrogen) atoms. The molecule has 1 saturated heterocycles. The van der Waals surface area contributed by atoms with E-state index >= 15 is 0 Å². The fourth-order valence-corrected chi connectivity index (χ4v) is 3.66. The number of carbonyl (C=O) groups is 2. The predicted octanol–water partition coefficient (Wildman–Crippen LogP) is 3.52. The minimum atomic E-state index is -0.403. The monoisotopic (exact) mass is 428 g/mol. The standard InChI is InChI=1S/C23H28N2O6/c1-14-18(28-2)10-15(11-19(14)29-3)22(26)24-17-13-21(31-5)20(30-4)12-16(17)23(27)25-8-6-7-9-25/h10-13H,6-9H2,1-5H3,(H,24,26). The van der Waals surface area contributed by atoms with Gasteiger partial charge in [0.25, 0.3) is 11.8 Å². The molecule has 0 bridgehead atoms. The van der Waals surface area contributed by atoms with Crippen LogP contribution in [0.4, 0.5) is 5.69 Å². The van der Waals surface area contributed by atoms with Crippen molar-refractivity contribution in [2.24, 2.45) is 0 Å². The van der Waals surface area contributed by atoms with Crippen LogP contribution in [0, 0.1) is 6.92 Å². The van der Waals surface area contributed by atoms with Crippen molar-refractivity contribution in [3.63, 3.8) is 0 Å². The molecule has 2 aromatic carbocycles. The van der Waals surface area contributed by atoms with E-state index in [4.69, 9.17) is 18.9 Å². The molecule has 0 unspecified atom stereocenters. The van der Waals surface area contributed by atoms with Gasteiger partial charge < -0.3 is 29.2 Å². The van der Waals surface area contributed by atoms with Gasteiger partial charge in [-0.1, -0.05) is 0 Å². The summed E-state index contributed by atoms with van der Waals surface area (Å²) in [5.41, 5.74) is 1.82. The van der Waals surface area contributed by atoms with E-state index in [0.29, 0.717) is 52.9 Å². The van der Waals surface area contributed by atoms with E-state index in [1.54, 1.807) is 29.2 Å². The van der Waals surface area contributed by atoms with Crippen molar-refractivity contribution in [3.8, 4) is 23.0 Å². The van der Waals surface area contributed by atoms with E-state index in [9.17, 15) is 9.59 Å². The molecule has 2 aromatic rings. The van der Waals surface area contributed by atoms with Gasteiger partial charge in [0.15, 0.2) is 11.5 Å². The minimum absolute atomic E-state index is 0.159. The molecule has 1 aliphatic heterocycles. The Labute approximate surface area is 182 Å². The Kier molecular flexibility index (Phi) is 6.89. The van der Waals surface area contributed by atoms with Gasteiger partial charge in [0.2, 0.25) is 0 Å². The first-order valence-electron chi connectivity index (χ1n) is 10.0. The van der Waals surface area contributed by atoms with Crippen molar-refractivity contribution in [2.45, 2.75) is 19.8 Å². The van der Waals surface area contributed by atoms with E-state index in [1.165, 1.54) is 28.4 Å². The Bertz CT molecular complexity index is 957. The molecule has 8 nitrogen and oxygen atoms in total. The molecule has 166 valence electrons. The number of likely N-dealkylation sites (tertiary alicyclic amines) is 1. The Morgan fingerprint density at radius 1 is 0.806 bits per heavy atom. The molecule has 0 radical (unpaired) electrons. The molecular formula is C23H28N2O6. The second kappa shape index (κ2) is 9.59. The molecule has 1 aliphatic rings. The predicted molar refractivity (Wildman–Crippen MR) is 117 cm³/mol. The van der Waals surface area contributed by atoms with E-state index in [-0.39, 0.29) is 5.91 Å². The maximum Gasteiger partial charge on any atom is 0.256 e. The Hall–Kier alpha value is -3.42. The molecule has 1 N–H and O–H groups in total. The summed E-state index contributed by atoms with van der Waals surface area (Å²) in [7, 11) is 6.07. The second-order valence-electron chi connectivity index (χ2n) is 7.21. The summed E-state index contributed by atoms with van der Waals surface area (Å²) in [4.78, 5) is 28.0. The molecule has 2 amide bonds. The third-order valence-electron chi connectivity index (χ3n) is 5.41. The number of hydrogen-bond acceptors (Lipinski definition) is 6. The van der Waals surface area contributed by atoms with Crippen molar-refractivity contribution in [3.05, 3.63) is 41.0 Å². The lowest BCUT2D eigenvalue weighted by Gasteiger charge is -2.20. The first kappa shape index (κ1) is 22.3. The maximum absolute atomic E-state index is 13.1. The van der Waals surface area contributed by atoms with Crippen LogP contribution in [-0.2, 0) is 0 Å². The smallest absolute Gasteiger partial charge is 0.256 e. The number of rotatable bonds is 7. The number of ether oxygens (including phenoxy) is 4. The summed E-state index contributed by atoms with van der Waals surface area (Å²) in [5.74, 6) is 1.33. The van der Waals surface area contributed by atoms with Crippen LogP contribution >= 0.6 is 0 Å². The number of methoxy groups -OCH3 is 4. The summed E-state index contributed by atoms with van der Waals surface area (Å²) in [6.07, 6.45) is 1.92. The highest BCUT2D eigenvalue weighted by Gasteiger charge is 2.25. The van der Waals surface area contributed by atoms with E-state index in [2.05, 4.69) is 5.32 Å². The zero-order valence-electron chi connectivity index (χ0n) is 18.5. The number of nitrogens with zero attached hydrogens (tertiary/aromatic N) is 1. The van der Waals surface area contributed by atoms with E-state index in [1.807, 2.05) is 6.92 Å². The highest BCUT2D eigenvalue weighted by molar-refractivity contribution is 6.10. The average molecular weight is 428 g/mol. The lowest BCUT2D eigenvalue weighted by Crippen LogP contribution is -2.29. The van der Waals surface area contributed by atoms with Crippen molar-refractivity contribution in [1.29, 1.82) is 0 Å². The molecule has 8 heteroatoms. The van der Waals surface area contributed by atoms with Crippen LogP contribution in [0.3, 0.4) is 0 Å². The van der Waals surface area contributed by atoms with Gasteiger partial charge in [-0.3, -0.25) is 9.59 Å². The Morgan fingerprint density at radius 2 is 1.32 bits per heavy atom. The molecule has 3 rings (SSSR count). The lowest BCUT2D eigenvalue weighted by atomic mass is 10.1. The van der Waals surface area contributed by atoms with Gasteiger partial charge in [0, 0.05) is 30.3 Å². The number of amides is 2. The zero-order valence-corrected chi connectivity index (χ0v) is 18.5. The zero-order chi connectivity index (χ0) is 22.5. The number of benzene rings is 2. The third kappa shape index (κ3) is 4.52. The van der Waals surface area contributed by atoms with Gasteiger partial charge in [-0.15, -0.1) is 0 Å². The van der Waals surface area contributed by atoms with Gasteiger partial charge in [-0.25, -0.2) is 0 Å². The molecule has 0 spiro atoms. The highest BCUT2D eigenvalue weighted by Crippen LogP contribution is 2.35. The van der Waals surface area contributed by atoms with Crippen LogP contribution in [0.2, 0.25) is 0 Å². The Morgan fingerprint density at radius 3 is 1.84 bits per heavy atom. The Balaban J connectivity index is 2.01. The molecule has 0 aliphatic carbocycles. The van der Waals surface area contributed by atoms with Gasteiger partial charge >= 0.3 is 0 Å². The first-order chi connectivity index (χ1) is 14.9. The highest BCUT2D eigenvalue weighted by atomic mass is 16.5. The largest absolute Gasteiger partial charge is 0.496 e. The number of hydrogen-bond donors (Lipinski definition) is 1. The first-order valence-corrected chi connectivity index (χ1v) is 10.0. The molecule has 0 saturated carbocycles. The van der Waals surface area contributed by atoms with Crippen LogP contribution in [-0.4, -0.2) is 58.2 Å². The quantitative estimate of drug-likeness (QED) is 0.726. The van der Waals surface area contributed by atoms with Gasteiger partial charge in [0.05, 0.1) is 39.7 Å². The number of carbonyl (C=O) groups excluding carboxylic acids is 2. The van der Waals surface area contributed by atoms with Crippen LogP contribution in [0.1, 0.15) is 39.1 Å². The van der Waals surface area contributed by atoms with Crippen molar-refractivity contribution < 1.29 is 28.5 Å². The average Bonchev–Trinajstić information content (AvgIpc) is 3.33. The van der Waals surface area contributed by atoms with E-state index in [0.717, 1.165) is 18.4 Å². The molecule has 0 atom stereocenters. The van der Waals surface area contributed by atoms with E-state index < -0.39 is 5.91 Å². The van der Waals surface area contributed by atoms with Crippen molar-refractivity contribution >= 4 is 17.5 Å². The summed E-state index contributed by atoms with van der Waals surface area (Å²) in [6, 6.07) is 6.47. The lowest BCUT2D eigenvalue weighted by molar-refractivity contribution is 0.0793. The fraction of sp³-hybridized carbons (Fsp3) is 0.391. The normalized spacial score (nSPS) is 13.0. The fourth-order valence-electron chi connectivity index (χ4n) is 3.66. The molecular weight excluding hydrogens is 400 g/mol. The third-order valence-corrected chi connectivity index (χ3v) is 5.41. The van der Waals surface area contributed by atoms with Crippen LogP contribution in [0.15, 0.2) is 24.3 Å². The van der Waals surface area contributed by atoms with Crippen LogP contribution in [0.25, 0.3) is 0 Å². The number of anilines is 1. The topological polar surface area (TPSA) is 86.3 Å². The van der Waals surface area contributed by atoms with Gasteiger partial charge in [-0.05, 0) is 38.0 Å². The second-order valence-corrected chi connectivity index (χ2v) is 7.21. The summed E-state index contributed by atoms with van der Waals surface area (Å²) >= 11 is 0. The van der Waals surface area contributed by atoms with Crippen LogP contribution in [0.5, 0.6) is 23.0 Å². The van der Waals surface area contributed by atoms with Gasteiger partial charge in [0.1, 0.15) is 11.5 Å². The number of nitrogens with one attached hydrogen (secondary N) is 1. The molecule has 1 fully saturated rings. The molecule has 0 aromatic heterocycles. The SMILES string of the molecule is COc1cc(NC(=O)c2cc(OC)c(C)c(OC)c2)c(C(=O)N2CCCC2)cc1OC. The van der Waals surface area contributed by atoms with Gasteiger partial charge in [-0.2, -0.15) is 0 Å². The van der Waals surface area contributed by atoms with Crippen molar-refractivity contribution in [2.75, 3.05) is 46.8 Å². The maximum atomic E-state index is 13.1.